The molecule has 5 heteroatoms. The minimum Gasteiger partial charge on any atom is -0.324 e. The number of aryl methyl sites for hydroxylation is 1. The molecule has 3 aromatic rings. The highest BCUT2D eigenvalue weighted by molar-refractivity contribution is 5.55. The number of nitrogens with zero attached hydrogens (tertiary/aromatic N) is 4. The second-order valence-electron chi connectivity index (χ2n) is 8.74. The van der Waals surface area contributed by atoms with Crippen LogP contribution in [0.15, 0.2) is 59.1 Å². The number of anilines is 1. The van der Waals surface area contributed by atoms with Crippen LogP contribution in [0.4, 0.5) is 6.01 Å². The molecule has 150 valence electrons. The van der Waals surface area contributed by atoms with Gasteiger partial charge < -0.3 is 9.42 Å². The number of piperidine rings is 1. The van der Waals surface area contributed by atoms with Crippen LogP contribution in [0.1, 0.15) is 30.4 Å². The average Bonchev–Trinajstić information content (AvgIpc) is 3.37. The van der Waals surface area contributed by atoms with Crippen molar-refractivity contribution in [2.45, 2.75) is 32.7 Å². The molecule has 2 aliphatic heterocycles. The third-order valence-corrected chi connectivity index (χ3v) is 6.39. The van der Waals surface area contributed by atoms with Gasteiger partial charge >= 0.3 is 6.01 Å². The van der Waals surface area contributed by atoms with E-state index in [2.05, 4.69) is 51.1 Å². The largest absolute Gasteiger partial charge is 0.324 e. The molecule has 0 bridgehead atoms. The van der Waals surface area contributed by atoms with Crippen LogP contribution in [0.2, 0.25) is 0 Å². The Morgan fingerprint density at radius 3 is 2.76 bits per heavy atom. The number of likely N-dealkylation sites (tertiary alicyclic amines) is 1. The van der Waals surface area contributed by atoms with Gasteiger partial charge in [-0.15, -0.1) is 0 Å². The molecule has 5 rings (SSSR count). The van der Waals surface area contributed by atoms with Crippen LogP contribution in [-0.4, -0.2) is 41.2 Å². The molecule has 0 saturated carbocycles. The van der Waals surface area contributed by atoms with E-state index in [0.717, 1.165) is 31.7 Å². The second kappa shape index (κ2) is 7.64. The highest BCUT2D eigenvalue weighted by atomic mass is 16.5. The minimum absolute atomic E-state index is 0.337. The fourth-order valence-corrected chi connectivity index (χ4v) is 4.99. The van der Waals surface area contributed by atoms with Gasteiger partial charge in [-0.25, -0.2) is 0 Å². The predicted molar refractivity (Wildman–Crippen MR) is 115 cm³/mol. The summed E-state index contributed by atoms with van der Waals surface area (Å²) in [5, 5.41) is 4.21. The van der Waals surface area contributed by atoms with E-state index in [1.807, 2.05) is 30.3 Å². The molecule has 2 aromatic carbocycles. The van der Waals surface area contributed by atoms with Gasteiger partial charge in [0.2, 0.25) is 5.82 Å². The maximum absolute atomic E-state index is 5.62. The van der Waals surface area contributed by atoms with E-state index in [-0.39, 0.29) is 0 Å². The first-order valence-electron chi connectivity index (χ1n) is 10.6. The second-order valence-corrected chi connectivity index (χ2v) is 8.74. The lowest BCUT2D eigenvalue weighted by atomic mass is 9.79. The molecular formula is C24H28N4O. The van der Waals surface area contributed by atoms with Crippen molar-refractivity contribution in [1.82, 2.24) is 15.0 Å². The monoisotopic (exact) mass is 388 g/mol. The van der Waals surface area contributed by atoms with Crippen molar-refractivity contribution in [2.24, 2.45) is 5.41 Å². The van der Waals surface area contributed by atoms with Crippen molar-refractivity contribution in [2.75, 3.05) is 31.1 Å². The predicted octanol–water partition coefficient (Wildman–Crippen LogP) is 4.54. The van der Waals surface area contributed by atoms with E-state index < -0.39 is 0 Å². The molecule has 0 N–H and O–H groups in total. The SMILES string of the molecule is Cc1cccc(CN2CCCC3(CCN(c4nc(-c5ccccc5)no4)C3)C2)c1. The molecule has 2 aliphatic rings. The zero-order chi connectivity index (χ0) is 19.7. The first kappa shape index (κ1) is 18.4. The van der Waals surface area contributed by atoms with Crippen molar-refractivity contribution < 1.29 is 4.52 Å². The fraction of sp³-hybridized carbons (Fsp3) is 0.417. The lowest BCUT2D eigenvalue weighted by Crippen LogP contribution is -2.44. The lowest BCUT2D eigenvalue weighted by Gasteiger charge is -2.40. The van der Waals surface area contributed by atoms with Crippen LogP contribution in [0.5, 0.6) is 0 Å². The molecule has 2 saturated heterocycles. The van der Waals surface area contributed by atoms with E-state index in [9.17, 15) is 0 Å². The molecule has 1 spiro atoms. The average molecular weight is 389 g/mol. The van der Waals surface area contributed by atoms with Gasteiger partial charge in [0.15, 0.2) is 0 Å². The Morgan fingerprint density at radius 2 is 1.90 bits per heavy atom. The van der Waals surface area contributed by atoms with Crippen molar-refractivity contribution in [3.63, 3.8) is 0 Å². The van der Waals surface area contributed by atoms with Crippen LogP contribution in [0.3, 0.4) is 0 Å². The van der Waals surface area contributed by atoms with Crippen molar-refractivity contribution >= 4 is 6.01 Å². The van der Waals surface area contributed by atoms with Crippen LogP contribution < -0.4 is 4.90 Å². The Labute approximate surface area is 172 Å². The van der Waals surface area contributed by atoms with E-state index in [1.54, 1.807) is 0 Å². The summed E-state index contributed by atoms with van der Waals surface area (Å²) in [6.45, 7) is 7.56. The van der Waals surface area contributed by atoms with Gasteiger partial charge in [0.25, 0.3) is 0 Å². The van der Waals surface area contributed by atoms with Crippen LogP contribution in [0, 0.1) is 12.3 Å². The molecule has 1 atom stereocenters. The molecule has 0 aliphatic carbocycles. The molecule has 29 heavy (non-hydrogen) atoms. The topological polar surface area (TPSA) is 45.4 Å². The van der Waals surface area contributed by atoms with Gasteiger partial charge in [-0.05, 0) is 38.3 Å². The first-order valence-corrected chi connectivity index (χ1v) is 10.6. The summed E-state index contributed by atoms with van der Waals surface area (Å²) in [6.07, 6.45) is 3.74. The first-order chi connectivity index (χ1) is 14.2. The van der Waals surface area contributed by atoms with E-state index in [4.69, 9.17) is 4.52 Å². The van der Waals surface area contributed by atoms with Gasteiger partial charge in [-0.1, -0.05) is 65.3 Å². The molecule has 0 radical (unpaired) electrons. The van der Waals surface area contributed by atoms with Crippen LogP contribution >= 0.6 is 0 Å². The third-order valence-electron chi connectivity index (χ3n) is 6.39. The van der Waals surface area contributed by atoms with Gasteiger partial charge in [0.1, 0.15) is 0 Å². The third kappa shape index (κ3) is 3.92. The number of aromatic nitrogens is 2. The quantitative estimate of drug-likeness (QED) is 0.657. The molecule has 3 heterocycles. The standard InChI is InChI=1S/C24H28N4O/c1-19-7-5-8-20(15-19)16-27-13-6-11-24(17-27)12-14-28(18-24)23-25-22(26-29-23)21-9-3-2-4-10-21/h2-5,7-10,15H,6,11-14,16-18H2,1H3. The molecular weight excluding hydrogens is 360 g/mol. The summed E-state index contributed by atoms with van der Waals surface area (Å²) in [7, 11) is 0. The van der Waals surface area contributed by atoms with E-state index >= 15 is 0 Å². The van der Waals surface area contributed by atoms with E-state index in [0.29, 0.717) is 17.3 Å². The van der Waals surface area contributed by atoms with Gasteiger partial charge in [-0.3, -0.25) is 4.90 Å². The van der Waals surface area contributed by atoms with Crippen LogP contribution in [0.25, 0.3) is 11.4 Å². The highest BCUT2D eigenvalue weighted by Crippen LogP contribution is 2.40. The summed E-state index contributed by atoms with van der Waals surface area (Å²) < 4.78 is 5.62. The summed E-state index contributed by atoms with van der Waals surface area (Å²) in [5.41, 5.74) is 4.09. The van der Waals surface area contributed by atoms with Gasteiger partial charge in [0, 0.05) is 37.2 Å². The Bertz CT molecular complexity index is 970. The number of benzene rings is 2. The fourth-order valence-electron chi connectivity index (χ4n) is 4.99. The molecule has 1 aromatic heterocycles. The Kier molecular flexibility index (Phi) is 4.84. The summed E-state index contributed by atoms with van der Waals surface area (Å²) >= 11 is 0. The molecule has 1 unspecified atom stereocenters. The zero-order valence-corrected chi connectivity index (χ0v) is 17.1. The summed E-state index contributed by atoms with van der Waals surface area (Å²) in [4.78, 5) is 9.59. The van der Waals surface area contributed by atoms with Gasteiger partial charge in [0.05, 0.1) is 0 Å². The number of hydrogen-bond acceptors (Lipinski definition) is 5. The Balaban J connectivity index is 1.26. The maximum Gasteiger partial charge on any atom is 0.324 e. The maximum atomic E-state index is 5.62. The molecule has 0 amide bonds. The highest BCUT2D eigenvalue weighted by Gasteiger charge is 2.42. The van der Waals surface area contributed by atoms with Crippen LogP contribution in [-0.2, 0) is 6.54 Å². The van der Waals surface area contributed by atoms with E-state index in [1.165, 1.54) is 36.9 Å². The number of rotatable bonds is 4. The molecule has 5 nitrogen and oxygen atoms in total. The lowest BCUT2D eigenvalue weighted by molar-refractivity contribution is 0.0989. The van der Waals surface area contributed by atoms with Crippen molar-refractivity contribution in [3.05, 3.63) is 65.7 Å². The zero-order valence-electron chi connectivity index (χ0n) is 17.1. The summed E-state index contributed by atoms with van der Waals surface area (Å²) in [5.74, 6) is 0.672. The Morgan fingerprint density at radius 1 is 1.00 bits per heavy atom. The van der Waals surface area contributed by atoms with Gasteiger partial charge in [-0.2, -0.15) is 4.98 Å². The summed E-state index contributed by atoms with van der Waals surface area (Å²) in [6, 6.07) is 19.6. The minimum atomic E-state index is 0.337. The van der Waals surface area contributed by atoms with Crippen molar-refractivity contribution in [1.29, 1.82) is 0 Å². The van der Waals surface area contributed by atoms with Crippen molar-refractivity contribution in [3.8, 4) is 11.4 Å². The smallest absolute Gasteiger partial charge is 0.324 e. The number of hydrogen-bond donors (Lipinski definition) is 0. The normalized spacial score (nSPS) is 22.4. The Hall–Kier alpha value is -2.66. The molecule has 2 fully saturated rings.